The average molecular weight is 449 g/mol. The van der Waals surface area contributed by atoms with Gasteiger partial charge in [0.05, 0.1) is 30.9 Å². The van der Waals surface area contributed by atoms with Gasteiger partial charge in [-0.3, -0.25) is 10.1 Å². The number of carbonyl (C=O) groups is 3. The normalized spacial score (nSPS) is 16.1. The van der Waals surface area contributed by atoms with Crippen molar-refractivity contribution in [1.82, 2.24) is 5.32 Å². The molecule has 1 aromatic rings. The summed E-state index contributed by atoms with van der Waals surface area (Å²) in [5, 5.41) is 10.6. The number of amides is 1. The Morgan fingerprint density at radius 2 is 2.00 bits per heavy atom. The summed E-state index contributed by atoms with van der Waals surface area (Å²) in [6, 6.07) is 5.03. The summed E-state index contributed by atoms with van der Waals surface area (Å²) in [5.74, 6) is -0.743. The van der Waals surface area contributed by atoms with Crippen molar-refractivity contribution in [2.45, 2.75) is 26.9 Å². The molecule has 1 fully saturated rings. The Hall–Kier alpha value is -3.34. The van der Waals surface area contributed by atoms with Gasteiger partial charge >= 0.3 is 11.9 Å². The van der Waals surface area contributed by atoms with Crippen LogP contribution in [0.3, 0.4) is 0 Å². The van der Waals surface area contributed by atoms with Crippen LogP contribution in [0.25, 0.3) is 0 Å². The maximum atomic E-state index is 11.8. The summed E-state index contributed by atoms with van der Waals surface area (Å²) in [6.45, 7) is 5.49. The van der Waals surface area contributed by atoms with Crippen LogP contribution in [-0.2, 0) is 23.9 Å². The summed E-state index contributed by atoms with van der Waals surface area (Å²) < 4.78 is 20.6. The van der Waals surface area contributed by atoms with Crippen molar-refractivity contribution in [2.75, 3.05) is 20.3 Å². The molecule has 0 bridgehead atoms. The molecule has 1 aliphatic rings. The van der Waals surface area contributed by atoms with Crippen LogP contribution in [-0.4, -0.2) is 55.7 Å². The van der Waals surface area contributed by atoms with Gasteiger partial charge in [-0.15, -0.1) is 5.10 Å². The highest BCUT2D eigenvalue weighted by Gasteiger charge is 2.25. The molecule has 10 nitrogen and oxygen atoms in total. The van der Waals surface area contributed by atoms with Crippen molar-refractivity contribution in [3.05, 3.63) is 34.7 Å². The lowest BCUT2D eigenvalue weighted by atomic mass is 10.2. The zero-order valence-corrected chi connectivity index (χ0v) is 18.4. The molecular weight excluding hydrogens is 426 g/mol. The molecule has 0 atom stereocenters. The number of thioether (sulfide) groups is 1. The number of carbonyl (C=O) groups excluding carboxylic acids is 3. The molecular formula is C20H23N3O7S. The number of nitrogens with zero attached hydrogens (tertiary/aromatic N) is 2. The van der Waals surface area contributed by atoms with E-state index in [1.54, 1.807) is 32.0 Å². The van der Waals surface area contributed by atoms with E-state index in [9.17, 15) is 14.4 Å². The molecule has 1 amide bonds. The standard InChI is InChI=1S/C20H23N3O7S/c1-5-28-15-8-13(6-7-14(15)29-11-18(25)30-12(2)3)10-21-23-20-22-19(26)16(31-20)9-17(24)27-4/h6-10,12H,5,11H2,1-4H3,(H,22,23,26)/b16-9+,21-10?. The lowest BCUT2D eigenvalue weighted by molar-refractivity contribution is -0.149. The second-order valence-electron chi connectivity index (χ2n) is 6.20. The first-order valence-electron chi connectivity index (χ1n) is 9.31. The van der Waals surface area contributed by atoms with Gasteiger partial charge in [0.2, 0.25) is 0 Å². The number of benzene rings is 1. The quantitative estimate of drug-likeness (QED) is 0.263. The van der Waals surface area contributed by atoms with Gasteiger partial charge < -0.3 is 18.9 Å². The third kappa shape index (κ3) is 7.78. The first-order chi connectivity index (χ1) is 14.8. The van der Waals surface area contributed by atoms with Crippen molar-refractivity contribution < 1.29 is 33.3 Å². The van der Waals surface area contributed by atoms with E-state index in [0.717, 1.165) is 17.8 Å². The van der Waals surface area contributed by atoms with E-state index in [-0.39, 0.29) is 22.8 Å². The van der Waals surface area contributed by atoms with Gasteiger partial charge in [0.25, 0.3) is 5.91 Å². The van der Waals surface area contributed by atoms with Gasteiger partial charge in [-0.25, -0.2) is 9.59 Å². The fourth-order valence-corrected chi connectivity index (χ4v) is 2.95. The topological polar surface area (TPSA) is 125 Å². The molecule has 0 radical (unpaired) electrons. The van der Waals surface area contributed by atoms with E-state index in [4.69, 9.17) is 14.2 Å². The van der Waals surface area contributed by atoms with Crippen molar-refractivity contribution in [2.24, 2.45) is 10.2 Å². The summed E-state index contributed by atoms with van der Waals surface area (Å²) in [4.78, 5) is 34.9. The maximum Gasteiger partial charge on any atom is 0.344 e. The van der Waals surface area contributed by atoms with Gasteiger partial charge in [0.1, 0.15) is 0 Å². The van der Waals surface area contributed by atoms with Crippen molar-refractivity contribution in [1.29, 1.82) is 0 Å². The zero-order chi connectivity index (χ0) is 22.8. The molecule has 0 aliphatic carbocycles. The molecule has 1 N–H and O–H groups in total. The van der Waals surface area contributed by atoms with Crippen LogP contribution in [0.1, 0.15) is 26.3 Å². The van der Waals surface area contributed by atoms with Crippen LogP contribution < -0.4 is 14.8 Å². The maximum absolute atomic E-state index is 11.8. The number of ether oxygens (including phenoxy) is 4. The molecule has 166 valence electrons. The first-order valence-corrected chi connectivity index (χ1v) is 10.1. The van der Waals surface area contributed by atoms with Crippen LogP contribution in [0.2, 0.25) is 0 Å². The number of esters is 2. The monoisotopic (exact) mass is 449 g/mol. The van der Waals surface area contributed by atoms with Crippen LogP contribution in [0.5, 0.6) is 11.5 Å². The van der Waals surface area contributed by atoms with Gasteiger partial charge in [-0.05, 0) is 56.3 Å². The lowest BCUT2D eigenvalue weighted by Gasteiger charge is -2.13. The van der Waals surface area contributed by atoms with E-state index < -0.39 is 17.8 Å². The minimum Gasteiger partial charge on any atom is -0.490 e. The molecule has 0 aromatic heterocycles. The molecule has 2 rings (SSSR count). The second kappa shape index (κ2) is 11.7. The Morgan fingerprint density at radius 3 is 2.68 bits per heavy atom. The zero-order valence-electron chi connectivity index (χ0n) is 17.5. The SMILES string of the molecule is CCOc1cc(C=N/N=C2/NC(=O)/C(=C\C(=O)OC)S2)ccc1OCC(=O)OC(C)C. The fraction of sp³-hybridized carbons (Fsp3) is 0.350. The van der Waals surface area contributed by atoms with E-state index in [1.807, 2.05) is 6.92 Å². The van der Waals surface area contributed by atoms with E-state index >= 15 is 0 Å². The largest absolute Gasteiger partial charge is 0.490 e. The van der Waals surface area contributed by atoms with E-state index in [1.165, 1.54) is 13.3 Å². The Balaban J connectivity index is 2.05. The molecule has 0 saturated carbocycles. The summed E-state index contributed by atoms with van der Waals surface area (Å²) in [5.41, 5.74) is 0.657. The van der Waals surface area contributed by atoms with Crippen molar-refractivity contribution in [3.8, 4) is 11.5 Å². The highest BCUT2D eigenvalue weighted by Crippen LogP contribution is 2.28. The van der Waals surface area contributed by atoms with Gasteiger partial charge in [0, 0.05) is 6.08 Å². The lowest BCUT2D eigenvalue weighted by Crippen LogP contribution is -2.19. The minimum absolute atomic E-state index is 0.164. The predicted molar refractivity (Wildman–Crippen MR) is 115 cm³/mol. The Labute approximate surface area is 183 Å². The number of rotatable bonds is 9. The van der Waals surface area contributed by atoms with Crippen molar-refractivity contribution >= 4 is 41.0 Å². The third-order valence-corrected chi connectivity index (χ3v) is 4.34. The molecule has 1 heterocycles. The van der Waals surface area contributed by atoms with Crippen LogP contribution in [0.4, 0.5) is 0 Å². The van der Waals surface area contributed by atoms with Gasteiger partial charge in [0.15, 0.2) is 23.3 Å². The van der Waals surface area contributed by atoms with E-state index in [0.29, 0.717) is 23.7 Å². The minimum atomic E-state index is -0.634. The molecule has 1 saturated heterocycles. The molecule has 31 heavy (non-hydrogen) atoms. The van der Waals surface area contributed by atoms with E-state index in [2.05, 4.69) is 20.3 Å². The smallest absolute Gasteiger partial charge is 0.344 e. The Kier molecular flexibility index (Phi) is 9.07. The van der Waals surface area contributed by atoms with Crippen LogP contribution in [0, 0.1) is 0 Å². The summed E-state index contributed by atoms with van der Waals surface area (Å²) in [6.07, 6.45) is 2.31. The van der Waals surface area contributed by atoms with Gasteiger partial charge in [-0.1, -0.05) is 0 Å². The second-order valence-corrected chi connectivity index (χ2v) is 7.23. The predicted octanol–water partition coefficient (Wildman–Crippen LogP) is 2.03. The molecule has 0 spiro atoms. The Morgan fingerprint density at radius 1 is 1.23 bits per heavy atom. The highest BCUT2D eigenvalue weighted by atomic mass is 32.2. The molecule has 11 heteroatoms. The number of hydrogen-bond acceptors (Lipinski definition) is 10. The van der Waals surface area contributed by atoms with Crippen LogP contribution in [0.15, 0.2) is 39.4 Å². The first kappa shape index (κ1) is 23.9. The molecule has 1 aromatic carbocycles. The highest BCUT2D eigenvalue weighted by molar-refractivity contribution is 8.18. The Bertz CT molecular complexity index is 925. The fourth-order valence-electron chi connectivity index (χ4n) is 2.22. The molecule has 0 unspecified atom stereocenters. The van der Waals surface area contributed by atoms with Crippen molar-refractivity contribution in [3.63, 3.8) is 0 Å². The van der Waals surface area contributed by atoms with Gasteiger partial charge in [-0.2, -0.15) is 5.10 Å². The number of hydrogen-bond donors (Lipinski definition) is 1. The summed E-state index contributed by atoms with van der Waals surface area (Å²) >= 11 is 0.972. The third-order valence-electron chi connectivity index (χ3n) is 3.44. The number of methoxy groups -OCH3 is 1. The summed E-state index contributed by atoms with van der Waals surface area (Å²) in [7, 11) is 1.22. The van der Waals surface area contributed by atoms with Crippen LogP contribution >= 0.6 is 11.8 Å². The number of amidine groups is 1. The molecule has 1 aliphatic heterocycles. The average Bonchev–Trinajstić information content (AvgIpc) is 3.06. The number of nitrogens with one attached hydrogen (secondary N) is 1.